The van der Waals surface area contributed by atoms with Gasteiger partial charge in [-0.3, -0.25) is 0 Å². The summed E-state index contributed by atoms with van der Waals surface area (Å²) in [6, 6.07) is 2.01. The standard InChI is InChI=1S/C10H17N3S/c1-3-14-7-10-12-8(2)6-9(13-10)4-5-11/h6H,3-5,7,11H2,1-2H3. The largest absolute Gasteiger partial charge is 0.330 e. The third-order valence-corrected chi connectivity index (χ3v) is 2.66. The summed E-state index contributed by atoms with van der Waals surface area (Å²) in [6.07, 6.45) is 0.840. The van der Waals surface area contributed by atoms with Gasteiger partial charge in [0.1, 0.15) is 5.82 Å². The second-order valence-corrected chi connectivity index (χ2v) is 4.37. The van der Waals surface area contributed by atoms with Crippen molar-refractivity contribution in [3.63, 3.8) is 0 Å². The van der Waals surface area contributed by atoms with Crippen LogP contribution in [0.1, 0.15) is 24.1 Å². The number of nitrogens with two attached hydrogens (primary N) is 1. The highest BCUT2D eigenvalue weighted by Crippen LogP contribution is 2.09. The van der Waals surface area contributed by atoms with E-state index in [-0.39, 0.29) is 0 Å². The Labute approximate surface area is 89.5 Å². The van der Waals surface area contributed by atoms with E-state index in [4.69, 9.17) is 5.73 Å². The molecule has 0 aliphatic heterocycles. The first-order chi connectivity index (χ1) is 6.76. The molecule has 4 heteroatoms. The van der Waals surface area contributed by atoms with Crippen molar-refractivity contribution >= 4 is 11.8 Å². The maximum Gasteiger partial charge on any atom is 0.138 e. The molecule has 0 saturated heterocycles. The van der Waals surface area contributed by atoms with Crippen molar-refractivity contribution in [1.82, 2.24) is 9.97 Å². The molecule has 1 rings (SSSR count). The fourth-order valence-electron chi connectivity index (χ4n) is 1.23. The summed E-state index contributed by atoms with van der Waals surface area (Å²) in [5.74, 6) is 2.93. The fraction of sp³-hybridized carbons (Fsp3) is 0.600. The first-order valence-corrected chi connectivity index (χ1v) is 6.03. The van der Waals surface area contributed by atoms with Gasteiger partial charge >= 0.3 is 0 Å². The van der Waals surface area contributed by atoms with Crippen LogP contribution in [0.5, 0.6) is 0 Å². The van der Waals surface area contributed by atoms with E-state index in [9.17, 15) is 0 Å². The quantitative estimate of drug-likeness (QED) is 0.802. The van der Waals surface area contributed by atoms with Crippen LogP contribution < -0.4 is 5.73 Å². The molecule has 78 valence electrons. The van der Waals surface area contributed by atoms with Crippen LogP contribution in [-0.4, -0.2) is 22.3 Å². The molecule has 1 heterocycles. The molecule has 0 spiro atoms. The summed E-state index contributed by atoms with van der Waals surface area (Å²) in [6.45, 7) is 4.79. The van der Waals surface area contributed by atoms with Crippen molar-refractivity contribution in [3.8, 4) is 0 Å². The number of aryl methyl sites for hydroxylation is 1. The normalized spacial score (nSPS) is 10.5. The molecule has 0 aliphatic carbocycles. The summed E-state index contributed by atoms with van der Waals surface area (Å²) in [4.78, 5) is 8.83. The predicted molar refractivity (Wildman–Crippen MR) is 61.4 cm³/mol. The van der Waals surface area contributed by atoms with E-state index in [1.165, 1.54) is 0 Å². The Hall–Kier alpha value is -0.610. The number of nitrogens with zero attached hydrogens (tertiary/aromatic N) is 2. The lowest BCUT2D eigenvalue weighted by molar-refractivity contribution is 0.871. The van der Waals surface area contributed by atoms with Gasteiger partial charge in [-0.1, -0.05) is 6.92 Å². The van der Waals surface area contributed by atoms with E-state index in [1.807, 2.05) is 24.8 Å². The Morgan fingerprint density at radius 1 is 1.43 bits per heavy atom. The third-order valence-electron chi connectivity index (χ3n) is 1.79. The third kappa shape index (κ3) is 3.64. The average molecular weight is 211 g/mol. The van der Waals surface area contributed by atoms with Crippen molar-refractivity contribution in [2.45, 2.75) is 26.0 Å². The van der Waals surface area contributed by atoms with Gasteiger partial charge in [0.25, 0.3) is 0 Å². The Kier molecular flexibility index (Phi) is 4.90. The minimum absolute atomic E-state index is 0.650. The van der Waals surface area contributed by atoms with Crippen molar-refractivity contribution in [2.75, 3.05) is 12.3 Å². The maximum atomic E-state index is 5.50. The number of hydrogen-bond acceptors (Lipinski definition) is 4. The monoisotopic (exact) mass is 211 g/mol. The van der Waals surface area contributed by atoms with E-state index >= 15 is 0 Å². The summed E-state index contributed by atoms with van der Waals surface area (Å²) < 4.78 is 0. The molecule has 1 aromatic rings. The summed E-state index contributed by atoms with van der Waals surface area (Å²) in [5.41, 5.74) is 7.59. The zero-order chi connectivity index (χ0) is 10.4. The number of thioether (sulfide) groups is 1. The number of aromatic nitrogens is 2. The minimum Gasteiger partial charge on any atom is -0.330 e. The highest BCUT2D eigenvalue weighted by molar-refractivity contribution is 7.98. The second-order valence-electron chi connectivity index (χ2n) is 3.09. The molecule has 0 unspecified atom stereocenters. The molecule has 1 aromatic heterocycles. The van der Waals surface area contributed by atoms with E-state index < -0.39 is 0 Å². The Bertz CT molecular complexity index is 289. The van der Waals surface area contributed by atoms with Crippen LogP contribution in [0.15, 0.2) is 6.07 Å². The molecule has 14 heavy (non-hydrogen) atoms. The van der Waals surface area contributed by atoms with E-state index in [1.54, 1.807) is 0 Å². The van der Waals surface area contributed by atoms with Crippen LogP contribution >= 0.6 is 11.8 Å². The number of rotatable bonds is 5. The van der Waals surface area contributed by atoms with E-state index in [2.05, 4.69) is 16.9 Å². The fourth-order valence-corrected chi connectivity index (χ4v) is 1.75. The minimum atomic E-state index is 0.650. The smallest absolute Gasteiger partial charge is 0.138 e. The summed E-state index contributed by atoms with van der Waals surface area (Å²) in [7, 11) is 0. The van der Waals surface area contributed by atoms with Gasteiger partial charge in [-0.15, -0.1) is 0 Å². The molecule has 0 aromatic carbocycles. The molecule has 2 N–H and O–H groups in total. The first-order valence-electron chi connectivity index (χ1n) is 4.87. The Morgan fingerprint density at radius 3 is 2.86 bits per heavy atom. The lowest BCUT2D eigenvalue weighted by Gasteiger charge is -2.04. The zero-order valence-electron chi connectivity index (χ0n) is 8.79. The van der Waals surface area contributed by atoms with Crippen molar-refractivity contribution in [3.05, 3.63) is 23.3 Å². The van der Waals surface area contributed by atoms with Crippen LogP contribution in [0.25, 0.3) is 0 Å². The molecule has 0 fully saturated rings. The molecule has 0 aliphatic rings. The van der Waals surface area contributed by atoms with Gasteiger partial charge in [0.2, 0.25) is 0 Å². The second kappa shape index (κ2) is 5.98. The van der Waals surface area contributed by atoms with Crippen molar-refractivity contribution < 1.29 is 0 Å². The van der Waals surface area contributed by atoms with Crippen LogP contribution in [0.2, 0.25) is 0 Å². The Balaban J connectivity index is 2.73. The lowest BCUT2D eigenvalue weighted by Crippen LogP contribution is -2.07. The molecule has 0 radical (unpaired) electrons. The first kappa shape index (κ1) is 11.5. The number of hydrogen-bond donors (Lipinski definition) is 1. The maximum absolute atomic E-state index is 5.50. The highest BCUT2D eigenvalue weighted by Gasteiger charge is 2.01. The molecular formula is C10H17N3S. The molecule has 0 saturated carbocycles. The van der Waals surface area contributed by atoms with Gasteiger partial charge in [0, 0.05) is 17.8 Å². The molecule has 0 atom stereocenters. The summed E-state index contributed by atoms with van der Waals surface area (Å²) in [5, 5.41) is 0. The predicted octanol–water partition coefficient (Wildman–Crippen LogP) is 1.54. The highest BCUT2D eigenvalue weighted by atomic mass is 32.2. The summed E-state index contributed by atoms with van der Waals surface area (Å²) >= 11 is 1.84. The molecular weight excluding hydrogens is 194 g/mol. The molecule has 0 bridgehead atoms. The van der Waals surface area contributed by atoms with Gasteiger partial charge in [0.05, 0.1) is 5.75 Å². The van der Waals surface area contributed by atoms with Gasteiger partial charge < -0.3 is 5.73 Å². The van der Waals surface area contributed by atoms with Gasteiger partial charge in [0.15, 0.2) is 0 Å². The van der Waals surface area contributed by atoms with Gasteiger partial charge in [-0.05, 0) is 25.3 Å². The average Bonchev–Trinajstić information content (AvgIpc) is 2.14. The van der Waals surface area contributed by atoms with E-state index in [0.29, 0.717) is 6.54 Å². The van der Waals surface area contributed by atoms with Crippen LogP contribution in [0, 0.1) is 6.92 Å². The molecule has 3 nitrogen and oxygen atoms in total. The zero-order valence-corrected chi connectivity index (χ0v) is 9.60. The van der Waals surface area contributed by atoms with Crippen LogP contribution in [0.4, 0.5) is 0 Å². The van der Waals surface area contributed by atoms with Crippen LogP contribution in [-0.2, 0) is 12.2 Å². The SMILES string of the molecule is CCSCc1nc(C)cc(CCN)n1. The van der Waals surface area contributed by atoms with E-state index in [0.717, 1.165) is 35.1 Å². The van der Waals surface area contributed by atoms with Crippen LogP contribution in [0.3, 0.4) is 0 Å². The Morgan fingerprint density at radius 2 is 2.21 bits per heavy atom. The lowest BCUT2D eigenvalue weighted by atomic mass is 10.2. The molecule has 0 amide bonds. The van der Waals surface area contributed by atoms with Gasteiger partial charge in [-0.2, -0.15) is 11.8 Å². The van der Waals surface area contributed by atoms with Crippen molar-refractivity contribution in [1.29, 1.82) is 0 Å². The van der Waals surface area contributed by atoms with Gasteiger partial charge in [-0.25, -0.2) is 9.97 Å². The topological polar surface area (TPSA) is 51.8 Å². The van der Waals surface area contributed by atoms with Crippen molar-refractivity contribution in [2.24, 2.45) is 5.73 Å².